The Morgan fingerprint density at radius 2 is 1.96 bits per heavy atom. The molecular weight excluding hydrogens is 379 g/mol. The molecule has 0 aliphatic heterocycles. The van der Waals surface area contributed by atoms with E-state index in [1.165, 1.54) is 12.3 Å². The molecule has 0 spiro atoms. The van der Waals surface area contributed by atoms with Crippen molar-refractivity contribution >= 4 is 17.7 Å². The monoisotopic (exact) mass is 395 g/mol. The van der Waals surface area contributed by atoms with E-state index in [1.807, 2.05) is 30.3 Å². The number of benzene rings is 1. The summed E-state index contributed by atoms with van der Waals surface area (Å²) in [6, 6.07) is 12.6. The average molecular weight is 395 g/mol. The Kier molecular flexibility index (Phi) is 5.90. The topological polar surface area (TPSA) is 62.1 Å². The molecular formula is C18H16F3N3O2S. The molecule has 3 rings (SSSR count). The molecule has 0 atom stereocenters. The lowest BCUT2D eigenvalue weighted by molar-refractivity contribution is -0.161. The van der Waals surface area contributed by atoms with Crippen molar-refractivity contribution in [3.05, 3.63) is 60.7 Å². The lowest BCUT2D eigenvalue weighted by Crippen LogP contribution is -2.39. The van der Waals surface area contributed by atoms with Crippen LogP contribution in [-0.2, 0) is 11.3 Å². The predicted octanol–water partition coefficient (Wildman–Crippen LogP) is 4.35. The molecule has 3 aromatic rings. The molecule has 9 heteroatoms. The van der Waals surface area contributed by atoms with Crippen LogP contribution in [0.1, 0.15) is 5.76 Å². The summed E-state index contributed by atoms with van der Waals surface area (Å²) in [5.74, 6) is -0.522. The highest BCUT2D eigenvalue weighted by molar-refractivity contribution is 7.99. The number of rotatable bonds is 7. The predicted molar refractivity (Wildman–Crippen MR) is 94.9 cm³/mol. The molecule has 0 radical (unpaired) electrons. The molecule has 5 nitrogen and oxygen atoms in total. The number of aromatic nitrogens is 2. The number of aromatic amines is 1. The summed E-state index contributed by atoms with van der Waals surface area (Å²) in [5.41, 5.74) is 1.70. The number of imidazole rings is 1. The Morgan fingerprint density at radius 3 is 2.63 bits per heavy atom. The number of nitrogens with one attached hydrogen (secondary N) is 1. The summed E-state index contributed by atoms with van der Waals surface area (Å²) >= 11 is 1.06. The molecule has 1 N–H and O–H groups in total. The van der Waals surface area contributed by atoms with Gasteiger partial charge in [-0.05, 0) is 17.7 Å². The smallest absolute Gasteiger partial charge is 0.406 e. The van der Waals surface area contributed by atoms with E-state index in [0.717, 1.165) is 27.9 Å². The number of carbonyl (C=O) groups is 1. The zero-order chi connectivity index (χ0) is 19.3. The highest BCUT2D eigenvalue weighted by Crippen LogP contribution is 2.23. The van der Waals surface area contributed by atoms with Crippen molar-refractivity contribution < 1.29 is 22.4 Å². The summed E-state index contributed by atoms with van der Waals surface area (Å²) in [6.45, 7) is -1.57. The standard InChI is InChI=1S/C18H16F3N3O2S/c19-18(20,21)12-24(10-14-7-4-8-26-14)16(25)11-27-17-22-9-15(23-17)13-5-2-1-3-6-13/h1-9H,10-12H2,(H,22,23). The van der Waals surface area contributed by atoms with Gasteiger partial charge in [0, 0.05) is 0 Å². The number of thioether (sulfide) groups is 1. The molecule has 2 aromatic heterocycles. The number of H-pyrrole nitrogens is 1. The van der Waals surface area contributed by atoms with E-state index in [1.54, 1.807) is 12.3 Å². The Bertz CT molecular complexity index is 864. The summed E-state index contributed by atoms with van der Waals surface area (Å²) in [6.07, 6.45) is -1.51. The van der Waals surface area contributed by atoms with Crippen LogP contribution in [0.25, 0.3) is 11.3 Å². The average Bonchev–Trinajstić information content (AvgIpc) is 3.30. The lowest BCUT2D eigenvalue weighted by Gasteiger charge is -2.22. The van der Waals surface area contributed by atoms with Crippen molar-refractivity contribution in [3.8, 4) is 11.3 Å². The number of alkyl halides is 3. The van der Waals surface area contributed by atoms with Crippen molar-refractivity contribution in [2.75, 3.05) is 12.3 Å². The van der Waals surface area contributed by atoms with Gasteiger partial charge in [-0.2, -0.15) is 13.2 Å². The molecule has 0 bridgehead atoms. The fraction of sp³-hybridized carbons (Fsp3) is 0.222. The number of nitrogens with zero attached hydrogens (tertiary/aromatic N) is 2. The summed E-state index contributed by atoms with van der Waals surface area (Å²) in [7, 11) is 0. The number of hydrogen-bond acceptors (Lipinski definition) is 4. The number of hydrogen-bond donors (Lipinski definition) is 1. The van der Waals surface area contributed by atoms with E-state index >= 15 is 0 Å². The van der Waals surface area contributed by atoms with Gasteiger partial charge in [0.25, 0.3) is 0 Å². The molecule has 0 saturated carbocycles. The van der Waals surface area contributed by atoms with Crippen molar-refractivity contribution in [2.45, 2.75) is 17.9 Å². The van der Waals surface area contributed by atoms with Gasteiger partial charge in [-0.3, -0.25) is 4.79 Å². The molecule has 2 heterocycles. The summed E-state index contributed by atoms with van der Waals surface area (Å²) < 4.78 is 43.5. The van der Waals surface area contributed by atoms with Gasteiger partial charge in [-0.1, -0.05) is 42.1 Å². The van der Waals surface area contributed by atoms with Crippen LogP contribution in [0.3, 0.4) is 0 Å². The molecule has 0 aliphatic rings. The first-order valence-electron chi connectivity index (χ1n) is 8.01. The fourth-order valence-electron chi connectivity index (χ4n) is 2.40. The van der Waals surface area contributed by atoms with E-state index in [9.17, 15) is 18.0 Å². The Balaban J connectivity index is 1.62. The minimum atomic E-state index is -4.49. The lowest BCUT2D eigenvalue weighted by atomic mass is 10.2. The molecule has 0 saturated heterocycles. The third-order valence-corrected chi connectivity index (χ3v) is 4.49. The first-order valence-corrected chi connectivity index (χ1v) is 8.99. The van der Waals surface area contributed by atoms with E-state index in [-0.39, 0.29) is 12.3 Å². The fourth-order valence-corrected chi connectivity index (χ4v) is 3.15. The van der Waals surface area contributed by atoms with E-state index in [4.69, 9.17) is 4.42 Å². The molecule has 1 amide bonds. The van der Waals surface area contributed by atoms with Gasteiger partial charge in [0.05, 0.1) is 30.5 Å². The van der Waals surface area contributed by atoms with Crippen LogP contribution in [0, 0.1) is 0 Å². The minimum absolute atomic E-state index is 0.168. The van der Waals surface area contributed by atoms with E-state index in [0.29, 0.717) is 10.9 Å². The van der Waals surface area contributed by atoms with Crippen LogP contribution in [-0.4, -0.2) is 39.2 Å². The Morgan fingerprint density at radius 1 is 1.19 bits per heavy atom. The second-order valence-electron chi connectivity index (χ2n) is 5.70. The van der Waals surface area contributed by atoms with Crippen molar-refractivity contribution in [2.24, 2.45) is 0 Å². The van der Waals surface area contributed by atoms with Gasteiger partial charge in [0.15, 0.2) is 5.16 Å². The minimum Gasteiger partial charge on any atom is -0.467 e. The van der Waals surface area contributed by atoms with Gasteiger partial charge < -0.3 is 14.3 Å². The first kappa shape index (κ1) is 19.1. The highest BCUT2D eigenvalue weighted by Gasteiger charge is 2.33. The normalized spacial score (nSPS) is 11.5. The number of carbonyl (C=O) groups excluding carboxylic acids is 1. The van der Waals surface area contributed by atoms with Crippen LogP contribution in [0.5, 0.6) is 0 Å². The molecule has 0 unspecified atom stereocenters. The maximum atomic E-state index is 12.8. The molecule has 0 aliphatic carbocycles. The maximum Gasteiger partial charge on any atom is 0.406 e. The highest BCUT2D eigenvalue weighted by atomic mass is 32.2. The second kappa shape index (κ2) is 8.34. The Hall–Kier alpha value is -2.68. The van der Waals surface area contributed by atoms with Crippen LogP contribution in [0.4, 0.5) is 13.2 Å². The molecule has 1 aromatic carbocycles. The first-order chi connectivity index (χ1) is 12.9. The van der Waals surface area contributed by atoms with Crippen LogP contribution >= 0.6 is 11.8 Å². The van der Waals surface area contributed by atoms with Crippen LogP contribution in [0.15, 0.2) is 64.5 Å². The quantitative estimate of drug-likeness (QED) is 0.604. The third-order valence-electron chi connectivity index (χ3n) is 3.62. The zero-order valence-corrected chi connectivity index (χ0v) is 14.9. The van der Waals surface area contributed by atoms with Gasteiger partial charge in [-0.25, -0.2) is 4.98 Å². The second-order valence-corrected chi connectivity index (χ2v) is 6.67. The summed E-state index contributed by atoms with van der Waals surface area (Å²) in [5, 5.41) is 0.465. The van der Waals surface area contributed by atoms with Crippen LogP contribution in [0.2, 0.25) is 0 Å². The Labute approximate surface area is 157 Å². The van der Waals surface area contributed by atoms with Crippen molar-refractivity contribution in [1.29, 1.82) is 0 Å². The third kappa shape index (κ3) is 5.65. The number of halogens is 3. The largest absolute Gasteiger partial charge is 0.467 e. The van der Waals surface area contributed by atoms with Crippen molar-refractivity contribution in [1.82, 2.24) is 14.9 Å². The van der Waals surface area contributed by atoms with Crippen LogP contribution < -0.4 is 0 Å². The SMILES string of the molecule is O=C(CSc1ncc(-c2ccccc2)[nH]1)N(Cc1ccco1)CC(F)(F)F. The van der Waals surface area contributed by atoms with Gasteiger partial charge in [0.1, 0.15) is 12.3 Å². The molecule has 0 fully saturated rings. The molecule has 142 valence electrons. The van der Waals surface area contributed by atoms with Gasteiger partial charge in [-0.15, -0.1) is 0 Å². The number of furan rings is 1. The van der Waals surface area contributed by atoms with E-state index in [2.05, 4.69) is 9.97 Å². The van der Waals surface area contributed by atoms with Gasteiger partial charge in [0.2, 0.25) is 5.91 Å². The maximum absolute atomic E-state index is 12.8. The van der Waals surface area contributed by atoms with E-state index < -0.39 is 18.6 Å². The zero-order valence-electron chi connectivity index (χ0n) is 14.1. The summed E-state index contributed by atoms with van der Waals surface area (Å²) in [4.78, 5) is 20.3. The van der Waals surface area contributed by atoms with Gasteiger partial charge >= 0.3 is 6.18 Å². The molecule has 27 heavy (non-hydrogen) atoms. The van der Waals surface area contributed by atoms with Crippen molar-refractivity contribution in [3.63, 3.8) is 0 Å². The number of amides is 1.